The Morgan fingerprint density at radius 2 is 1.69 bits per heavy atom. The van der Waals surface area contributed by atoms with Crippen LogP contribution in [0.5, 0.6) is 11.5 Å². The lowest BCUT2D eigenvalue weighted by Crippen LogP contribution is -2.30. The van der Waals surface area contributed by atoms with Crippen molar-refractivity contribution in [3.05, 3.63) is 114 Å². The lowest BCUT2D eigenvalue weighted by atomic mass is 10.1. The summed E-state index contributed by atoms with van der Waals surface area (Å²) in [5, 5.41) is 8.96. The van der Waals surface area contributed by atoms with Crippen LogP contribution in [-0.2, 0) is 9.59 Å². The van der Waals surface area contributed by atoms with Crippen molar-refractivity contribution in [1.82, 2.24) is 10.3 Å². The first-order valence-corrected chi connectivity index (χ1v) is 15.8. The van der Waals surface area contributed by atoms with Crippen molar-refractivity contribution in [2.24, 2.45) is 0 Å². The number of amides is 3. The fourth-order valence-electron chi connectivity index (χ4n) is 4.19. The lowest BCUT2D eigenvalue weighted by molar-refractivity contribution is -0.114. The number of carbonyl (C=O) groups is 3. The molecule has 1 heterocycles. The molecule has 3 N–H and O–H groups in total. The molecule has 0 radical (unpaired) electrons. The third kappa shape index (κ3) is 8.71. The van der Waals surface area contributed by atoms with Gasteiger partial charge < -0.3 is 25.4 Å². The molecule has 0 bridgehead atoms. The van der Waals surface area contributed by atoms with Crippen LogP contribution in [0.1, 0.15) is 22.8 Å². The van der Waals surface area contributed by atoms with Gasteiger partial charge >= 0.3 is 0 Å². The van der Waals surface area contributed by atoms with Crippen molar-refractivity contribution in [3.8, 4) is 11.5 Å². The Bertz CT molecular complexity index is 1840. The summed E-state index contributed by atoms with van der Waals surface area (Å²) in [6, 6.07) is 28.6. The number of thiazole rings is 1. The summed E-state index contributed by atoms with van der Waals surface area (Å²) in [7, 11) is 1.56. The van der Waals surface area contributed by atoms with Gasteiger partial charge in [-0.2, -0.15) is 0 Å². The zero-order chi connectivity index (χ0) is 31.6. The van der Waals surface area contributed by atoms with E-state index in [9.17, 15) is 14.4 Å². The molecule has 228 valence electrons. The number of benzene rings is 4. The van der Waals surface area contributed by atoms with E-state index in [1.165, 1.54) is 23.1 Å². The van der Waals surface area contributed by atoms with E-state index in [0.717, 1.165) is 20.9 Å². The normalized spacial score (nSPS) is 11.1. The molecule has 4 aromatic carbocycles. The van der Waals surface area contributed by atoms with E-state index in [-0.39, 0.29) is 17.4 Å². The summed E-state index contributed by atoms with van der Waals surface area (Å²) in [5.41, 5.74) is 2.49. The molecule has 0 spiro atoms. The number of nitrogens with one attached hydrogen (secondary N) is 3. The predicted molar refractivity (Wildman–Crippen MR) is 180 cm³/mol. The first-order valence-electron chi connectivity index (χ1n) is 14.0. The quantitative estimate of drug-likeness (QED) is 0.101. The third-order valence-corrected chi connectivity index (χ3v) is 8.28. The van der Waals surface area contributed by atoms with Crippen LogP contribution in [0.4, 0.5) is 10.8 Å². The van der Waals surface area contributed by atoms with Crippen LogP contribution in [-0.4, -0.2) is 42.2 Å². The summed E-state index contributed by atoms with van der Waals surface area (Å²) in [4.78, 5) is 44.2. The van der Waals surface area contributed by atoms with E-state index in [4.69, 9.17) is 9.47 Å². The number of rotatable bonds is 12. The number of nitrogens with zero attached hydrogens (tertiary/aromatic N) is 1. The number of fused-ring (bicyclic) bond motifs is 1. The molecule has 9 nitrogen and oxygen atoms in total. The van der Waals surface area contributed by atoms with Crippen LogP contribution < -0.4 is 25.4 Å². The van der Waals surface area contributed by atoms with E-state index in [1.807, 2.05) is 49.4 Å². The van der Waals surface area contributed by atoms with E-state index >= 15 is 0 Å². The van der Waals surface area contributed by atoms with Gasteiger partial charge in [0.2, 0.25) is 5.91 Å². The highest BCUT2D eigenvalue weighted by atomic mass is 32.2. The zero-order valence-electron chi connectivity index (χ0n) is 24.5. The van der Waals surface area contributed by atoms with Gasteiger partial charge in [-0.3, -0.25) is 14.4 Å². The van der Waals surface area contributed by atoms with Crippen molar-refractivity contribution in [2.75, 3.05) is 30.1 Å². The predicted octanol–water partition coefficient (Wildman–Crippen LogP) is 6.84. The molecule has 5 aromatic rings. The average molecular weight is 639 g/mol. The monoisotopic (exact) mass is 638 g/mol. The second kappa shape index (κ2) is 15.0. The maximum absolute atomic E-state index is 13.3. The van der Waals surface area contributed by atoms with E-state index in [0.29, 0.717) is 34.3 Å². The molecule has 0 aliphatic carbocycles. The van der Waals surface area contributed by atoms with Crippen LogP contribution >= 0.6 is 23.1 Å². The minimum absolute atomic E-state index is 0.0659. The molecule has 0 saturated heterocycles. The van der Waals surface area contributed by atoms with Crippen LogP contribution in [0, 0.1) is 0 Å². The fraction of sp³-hybridized carbons (Fsp3) is 0.118. The first kappa shape index (κ1) is 31.3. The van der Waals surface area contributed by atoms with Crippen molar-refractivity contribution in [3.63, 3.8) is 0 Å². The number of hydrogen-bond donors (Lipinski definition) is 3. The molecule has 11 heteroatoms. The molecule has 0 atom stereocenters. The van der Waals surface area contributed by atoms with Gasteiger partial charge in [-0.1, -0.05) is 41.7 Å². The maximum atomic E-state index is 13.3. The van der Waals surface area contributed by atoms with Gasteiger partial charge in [0.15, 0.2) is 5.13 Å². The smallest absolute Gasteiger partial charge is 0.272 e. The summed E-state index contributed by atoms with van der Waals surface area (Å²) < 4.78 is 11.8. The van der Waals surface area contributed by atoms with Gasteiger partial charge in [-0.05, 0) is 85.3 Å². The fourth-order valence-corrected chi connectivity index (χ4v) is 5.80. The Morgan fingerprint density at radius 3 is 2.44 bits per heavy atom. The Hall–Kier alpha value is -5.13. The average Bonchev–Trinajstić information content (AvgIpc) is 3.46. The highest BCUT2D eigenvalue weighted by Gasteiger charge is 2.16. The number of ether oxygens (including phenoxy) is 2. The third-order valence-electron chi connectivity index (χ3n) is 6.33. The van der Waals surface area contributed by atoms with E-state index < -0.39 is 11.8 Å². The topological polar surface area (TPSA) is 119 Å². The minimum Gasteiger partial charge on any atom is -0.497 e. The Kier molecular flexibility index (Phi) is 10.5. The number of thioether (sulfide) groups is 1. The van der Waals surface area contributed by atoms with Gasteiger partial charge in [0.05, 0.1) is 29.7 Å². The highest BCUT2D eigenvalue weighted by molar-refractivity contribution is 8.00. The Morgan fingerprint density at radius 1 is 0.889 bits per heavy atom. The highest BCUT2D eigenvalue weighted by Crippen LogP contribution is 2.30. The van der Waals surface area contributed by atoms with Crippen LogP contribution in [0.3, 0.4) is 0 Å². The first-order chi connectivity index (χ1) is 21.9. The number of aromatic nitrogens is 1. The molecule has 45 heavy (non-hydrogen) atoms. The molecular weight excluding hydrogens is 609 g/mol. The summed E-state index contributed by atoms with van der Waals surface area (Å²) >= 11 is 2.75. The van der Waals surface area contributed by atoms with Crippen LogP contribution in [0.15, 0.2) is 108 Å². The van der Waals surface area contributed by atoms with Crippen molar-refractivity contribution in [1.29, 1.82) is 0 Å². The molecule has 0 aliphatic rings. The largest absolute Gasteiger partial charge is 0.497 e. The van der Waals surface area contributed by atoms with Crippen LogP contribution in [0.2, 0.25) is 0 Å². The van der Waals surface area contributed by atoms with Crippen molar-refractivity contribution >= 4 is 67.9 Å². The number of anilines is 2. The lowest BCUT2D eigenvalue weighted by Gasteiger charge is -2.12. The van der Waals surface area contributed by atoms with Crippen molar-refractivity contribution < 1.29 is 23.9 Å². The van der Waals surface area contributed by atoms with E-state index in [2.05, 4.69) is 20.9 Å². The molecule has 0 unspecified atom stereocenters. The second-order valence-corrected chi connectivity index (χ2v) is 11.6. The summed E-state index contributed by atoms with van der Waals surface area (Å²) in [6.07, 6.45) is 1.59. The maximum Gasteiger partial charge on any atom is 0.272 e. The Labute approximate surface area is 268 Å². The summed E-state index contributed by atoms with van der Waals surface area (Å²) in [6.45, 7) is 2.50. The number of carbonyl (C=O) groups excluding carboxylic acids is 3. The second-order valence-electron chi connectivity index (χ2n) is 9.55. The molecule has 0 saturated carbocycles. The summed E-state index contributed by atoms with van der Waals surface area (Å²) in [5.74, 6) is 0.490. The molecule has 3 amide bonds. The molecular formula is C34H30N4O5S2. The zero-order valence-corrected chi connectivity index (χ0v) is 26.2. The standard InChI is InChI=1S/C34H30N4O5S2/c1-3-43-26-14-17-28-30(20-26)45-34(37-28)38-31(39)21-44-27-15-12-24(13-16-27)35-33(41)29(19-22-8-7-11-25(18-22)42-2)36-32(40)23-9-5-4-6-10-23/h4-20H,3,21H2,1-2H3,(H,35,41)(H,36,40)(H,37,38,39)/b29-19-. The van der Waals surface area contributed by atoms with Crippen LogP contribution in [0.25, 0.3) is 16.3 Å². The molecule has 0 fully saturated rings. The van der Waals surface area contributed by atoms with Crippen molar-refractivity contribution in [2.45, 2.75) is 11.8 Å². The van der Waals surface area contributed by atoms with Gasteiger partial charge in [0.1, 0.15) is 17.2 Å². The minimum atomic E-state index is -0.494. The molecule has 5 rings (SSSR count). The number of hydrogen-bond acceptors (Lipinski definition) is 8. The Balaban J connectivity index is 1.20. The van der Waals surface area contributed by atoms with Gasteiger partial charge in [-0.25, -0.2) is 4.98 Å². The number of methoxy groups -OCH3 is 1. The molecule has 0 aliphatic heterocycles. The van der Waals surface area contributed by atoms with Gasteiger partial charge in [0.25, 0.3) is 11.8 Å². The van der Waals surface area contributed by atoms with Gasteiger partial charge in [0, 0.05) is 16.1 Å². The van der Waals surface area contributed by atoms with E-state index in [1.54, 1.807) is 67.8 Å². The SMILES string of the molecule is CCOc1ccc2nc(NC(=O)CSc3ccc(NC(=O)/C(=C/c4cccc(OC)c4)NC(=O)c4ccccc4)cc3)sc2c1. The molecule has 1 aromatic heterocycles. The van der Waals surface area contributed by atoms with Gasteiger partial charge in [-0.15, -0.1) is 11.8 Å².